The maximum atomic E-state index is 13.6. The lowest BCUT2D eigenvalue weighted by Crippen LogP contribution is -2.32. The van der Waals surface area contributed by atoms with E-state index in [9.17, 15) is 9.18 Å². The number of nitrogens with one attached hydrogen (secondary N) is 3. The zero-order valence-corrected chi connectivity index (χ0v) is 21.5. The van der Waals surface area contributed by atoms with Crippen molar-refractivity contribution in [1.29, 1.82) is 0 Å². The number of hydrogen-bond acceptors (Lipinski definition) is 7. The van der Waals surface area contributed by atoms with Crippen LogP contribution in [0, 0.1) is 12.7 Å². The smallest absolute Gasteiger partial charge is 0.281 e. The topological polar surface area (TPSA) is 113 Å². The van der Waals surface area contributed by atoms with Crippen LogP contribution in [0.2, 0.25) is 5.02 Å². The van der Waals surface area contributed by atoms with E-state index in [0.717, 1.165) is 0 Å². The molecule has 2 aromatic carbocycles. The van der Waals surface area contributed by atoms with Crippen molar-refractivity contribution in [3.05, 3.63) is 81.6 Å². The van der Waals surface area contributed by atoms with Crippen molar-refractivity contribution in [3.63, 3.8) is 0 Å². The summed E-state index contributed by atoms with van der Waals surface area (Å²) in [5, 5.41) is 3.74. The predicted octanol–water partition coefficient (Wildman–Crippen LogP) is 5.70. The maximum Gasteiger partial charge on any atom is 0.281 e. The van der Waals surface area contributed by atoms with Crippen molar-refractivity contribution < 1.29 is 4.39 Å². The van der Waals surface area contributed by atoms with Gasteiger partial charge in [0.2, 0.25) is 0 Å². The van der Waals surface area contributed by atoms with Crippen molar-refractivity contribution >= 4 is 45.2 Å². The standard InChI is InChI=1S/C21H16ClFN8O.2C2H6/c1-11-7-12(23)5-6-14(11)30-31-16(29-15-4-2-3-13(22)17(15)21(31)32)8-24-19-18-20(26-9-25-18)28-10-27-19;2*1-2/h2-7,9-10,30H,8H2,1H3,(H2,24,25,26,27,28);2*1-2H3. The van der Waals surface area contributed by atoms with Crippen molar-refractivity contribution in [2.24, 2.45) is 0 Å². The molecule has 0 fully saturated rings. The van der Waals surface area contributed by atoms with E-state index in [-0.39, 0.29) is 23.3 Å². The van der Waals surface area contributed by atoms with Gasteiger partial charge in [-0.15, -0.1) is 0 Å². The number of aromatic nitrogens is 6. The van der Waals surface area contributed by atoms with Gasteiger partial charge in [-0.1, -0.05) is 45.4 Å². The summed E-state index contributed by atoms with van der Waals surface area (Å²) in [5.74, 6) is 0.520. The maximum absolute atomic E-state index is 13.6. The highest BCUT2D eigenvalue weighted by molar-refractivity contribution is 6.35. The molecular formula is C25H28ClFN8O. The zero-order chi connectivity index (χ0) is 26.2. The second-order valence-electron chi connectivity index (χ2n) is 7.05. The summed E-state index contributed by atoms with van der Waals surface area (Å²) >= 11 is 6.29. The molecule has 36 heavy (non-hydrogen) atoms. The number of fused-ring (bicyclic) bond motifs is 2. The van der Waals surface area contributed by atoms with Gasteiger partial charge in [0, 0.05) is 0 Å². The molecular weight excluding hydrogens is 483 g/mol. The van der Waals surface area contributed by atoms with Crippen molar-refractivity contribution in [1.82, 2.24) is 29.6 Å². The van der Waals surface area contributed by atoms with Gasteiger partial charge in [0.05, 0.1) is 34.5 Å². The fourth-order valence-electron chi connectivity index (χ4n) is 3.40. The summed E-state index contributed by atoms with van der Waals surface area (Å²) in [6.07, 6.45) is 2.92. The number of H-pyrrole nitrogens is 1. The first kappa shape index (κ1) is 26.6. The largest absolute Gasteiger partial charge is 0.361 e. The molecule has 0 spiro atoms. The van der Waals surface area contributed by atoms with E-state index in [4.69, 9.17) is 11.6 Å². The first-order valence-electron chi connectivity index (χ1n) is 11.6. The van der Waals surface area contributed by atoms with E-state index in [1.54, 1.807) is 31.2 Å². The molecule has 0 unspecified atom stereocenters. The van der Waals surface area contributed by atoms with Gasteiger partial charge in [0.1, 0.15) is 17.7 Å². The van der Waals surface area contributed by atoms with E-state index in [1.165, 1.54) is 29.5 Å². The Kier molecular flexibility index (Phi) is 8.91. The van der Waals surface area contributed by atoms with Crippen LogP contribution in [0.1, 0.15) is 39.1 Å². The van der Waals surface area contributed by atoms with Crippen LogP contribution >= 0.6 is 11.6 Å². The molecule has 0 bridgehead atoms. The molecule has 5 aromatic rings. The minimum atomic E-state index is -0.379. The Morgan fingerprint density at radius 1 is 1.08 bits per heavy atom. The van der Waals surface area contributed by atoms with Crippen LogP contribution in [0.5, 0.6) is 0 Å². The van der Waals surface area contributed by atoms with Gasteiger partial charge in [-0.3, -0.25) is 10.2 Å². The molecule has 0 aliphatic carbocycles. The fraction of sp³-hybridized carbons (Fsp3) is 0.240. The Morgan fingerprint density at radius 3 is 2.61 bits per heavy atom. The van der Waals surface area contributed by atoms with Gasteiger partial charge < -0.3 is 10.3 Å². The predicted molar refractivity (Wildman–Crippen MR) is 143 cm³/mol. The zero-order valence-electron chi connectivity index (χ0n) is 20.7. The lowest BCUT2D eigenvalue weighted by molar-refractivity contribution is 0.626. The summed E-state index contributed by atoms with van der Waals surface area (Å²) in [7, 11) is 0. The van der Waals surface area contributed by atoms with E-state index < -0.39 is 0 Å². The summed E-state index contributed by atoms with van der Waals surface area (Å²) in [6, 6.07) is 9.34. The Hall–Kier alpha value is -4.05. The van der Waals surface area contributed by atoms with Crippen molar-refractivity contribution in [2.45, 2.75) is 41.2 Å². The Bertz CT molecular complexity index is 1530. The molecule has 0 radical (unpaired) electrons. The Balaban J connectivity index is 0.000000861. The van der Waals surface area contributed by atoms with Crippen LogP contribution in [0.25, 0.3) is 22.1 Å². The fourth-order valence-corrected chi connectivity index (χ4v) is 3.65. The summed E-state index contributed by atoms with van der Waals surface area (Å²) in [5.41, 5.74) is 5.46. The van der Waals surface area contributed by atoms with Gasteiger partial charge in [0.25, 0.3) is 5.56 Å². The highest BCUT2D eigenvalue weighted by Crippen LogP contribution is 2.21. The first-order chi connectivity index (χ1) is 17.5. The van der Waals surface area contributed by atoms with Crippen LogP contribution < -0.4 is 16.3 Å². The van der Waals surface area contributed by atoms with E-state index in [0.29, 0.717) is 44.6 Å². The third kappa shape index (κ3) is 5.44. The minimum absolute atomic E-state index is 0.149. The van der Waals surface area contributed by atoms with Gasteiger partial charge in [-0.25, -0.2) is 29.0 Å². The van der Waals surface area contributed by atoms with Crippen LogP contribution in [0.4, 0.5) is 15.9 Å². The average molecular weight is 511 g/mol. The third-order valence-electron chi connectivity index (χ3n) is 4.97. The average Bonchev–Trinajstić information content (AvgIpc) is 3.38. The van der Waals surface area contributed by atoms with Gasteiger partial charge >= 0.3 is 0 Å². The molecule has 0 atom stereocenters. The molecule has 9 nitrogen and oxygen atoms in total. The minimum Gasteiger partial charge on any atom is -0.361 e. The van der Waals surface area contributed by atoms with Crippen LogP contribution in [-0.2, 0) is 6.54 Å². The number of aromatic amines is 1. The highest BCUT2D eigenvalue weighted by Gasteiger charge is 2.15. The molecule has 3 aromatic heterocycles. The number of hydrogen-bond donors (Lipinski definition) is 3. The van der Waals surface area contributed by atoms with Gasteiger partial charge in [-0.05, 0) is 42.8 Å². The highest BCUT2D eigenvalue weighted by atomic mass is 35.5. The Morgan fingerprint density at radius 2 is 1.86 bits per heavy atom. The number of benzene rings is 2. The van der Waals surface area contributed by atoms with Crippen LogP contribution in [0.15, 0.2) is 53.8 Å². The normalized spacial score (nSPS) is 10.3. The number of nitrogens with zero attached hydrogens (tertiary/aromatic N) is 5. The van der Waals surface area contributed by atoms with E-state index >= 15 is 0 Å². The van der Waals surface area contributed by atoms with Crippen molar-refractivity contribution in [3.8, 4) is 0 Å². The molecule has 188 valence electrons. The van der Waals surface area contributed by atoms with E-state index in [1.807, 2.05) is 27.7 Å². The molecule has 5 rings (SSSR count). The number of rotatable bonds is 5. The monoisotopic (exact) mass is 510 g/mol. The van der Waals surface area contributed by atoms with Crippen LogP contribution in [0.3, 0.4) is 0 Å². The molecule has 11 heteroatoms. The summed E-state index contributed by atoms with van der Waals surface area (Å²) in [4.78, 5) is 33.4. The number of halogens is 2. The summed E-state index contributed by atoms with van der Waals surface area (Å²) in [6.45, 7) is 9.89. The molecule has 3 heterocycles. The molecule has 0 aliphatic heterocycles. The molecule has 3 N–H and O–H groups in total. The summed E-state index contributed by atoms with van der Waals surface area (Å²) < 4.78 is 14.9. The molecule has 0 saturated carbocycles. The van der Waals surface area contributed by atoms with Gasteiger partial charge in [0.15, 0.2) is 17.3 Å². The third-order valence-corrected chi connectivity index (χ3v) is 5.29. The lowest BCUT2D eigenvalue weighted by atomic mass is 10.2. The van der Waals surface area contributed by atoms with E-state index in [2.05, 4.69) is 35.7 Å². The first-order valence-corrected chi connectivity index (χ1v) is 12.0. The van der Waals surface area contributed by atoms with Crippen LogP contribution in [-0.4, -0.2) is 29.6 Å². The van der Waals surface area contributed by atoms with Crippen molar-refractivity contribution in [2.75, 3.05) is 10.7 Å². The number of imidazole rings is 1. The second kappa shape index (κ2) is 12.1. The Labute approximate surface area is 212 Å². The molecule has 0 saturated heterocycles. The SMILES string of the molecule is CC.CC.Cc1cc(F)ccc1Nn1c(CNc2ncnc3nc[nH]c23)nc2cccc(Cl)c2c1=O. The lowest BCUT2D eigenvalue weighted by Gasteiger charge is -2.17. The number of anilines is 2. The van der Waals surface area contributed by atoms with Gasteiger partial charge in [-0.2, -0.15) is 0 Å². The molecule has 0 aliphatic rings. The molecule has 0 amide bonds. The second-order valence-corrected chi connectivity index (χ2v) is 7.46. The number of aryl methyl sites for hydroxylation is 1. The quantitative estimate of drug-likeness (QED) is 0.278.